The van der Waals surface area contributed by atoms with Crippen LogP contribution in [0.15, 0.2) is 49.1 Å². The maximum absolute atomic E-state index is 9.69. The van der Waals surface area contributed by atoms with Gasteiger partial charge in [-0.3, -0.25) is 0 Å². The number of aliphatic hydroxyl groups is 1. The minimum atomic E-state index is -0.301. The first kappa shape index (κ1) is 16.9. The lowest BCUT2D eigenvalue weighted by atomic mass is 10.1. The third kappa shape index (κ3) is 13.0. The second-order valence-corrected chi connectivity index (χ2v) is 4.42. The first-order valence-corrected chi connectivity index (χ1v) is 7.08. The van der Waals surface area contributed by atoms with E-state index in [2.05, 4.69) is 31.7 Å². The molecule has 1 atom stereocenters. The fraction of sp³-hybridized carbons (Fsp3) is 0.529. The van der Waals surface area contributed by atoms with E-state index in [1.54, 1.807) is 0 Å². The summed E-state index contributed by atoms with van der Waals surface area (Å²) in [5.41, 5.74) is 0. The quantitative estimate of drug-likeness (QED) is 0.311. The summed E-state index contributed by atoms with van der Waals surface area (Å²) in [5, 5.41) is 9.69. The van der Waals surface area contributed by atoms with Crippen molar-refractivity contribution < 1.29 is 5.11 Å². The molecule has 0 bridgehead atoms. The van der Waals surface area contributed by atoms with Gasteiger partial charge in [0.1, 0.15) is 0 Å². The van der Waals surface area contributed by atoms with E-state index in [-0.39, 0.29) is 6.10 Å². The van der Waals surface area contributed by atoms with Crippen molar-refractivity contribution >= 4 is 0 Å². The predicted molar refractivity (Wildman–Crippen MR) is 81.6 cm³/mol. The Morgan fingerprint density at radius 2 is 1.89 bits per heavy atom. The van der Waals surface area contributed by atoms with Crippen LogP contribution in [0.1, 0.15) is 51.9 Å². The molecule has 18 heavy (non-hydrogen) atoms. The first-order chi connectivity index (χ1) is 8.81. The molecule has 0 aliphatic heterocycles. The van der Waals surface area contributed by atoms with Crippen LogP contribution >= 0.6 is 0 Å². The minimum Gasteiger partial charge on any atom is -0.389 e. The zero-order valence-electron chi connectivity index (χ0n) is 11.7. The van der Waals surface area contributed by atoms with E-state index in [4.69, 9.17) is 0 Å². The molecule has 0 rings (SSSR count). The lowest BCUT2D eigenvalue weighted by Gasteiger charge is -2.03. The van der Waals surface area contributed by atoms with E-state index in [9.17, 15) is 5.11 Å². The van der Waals surface area contributed by atoms with Gasteiger partial charge in [-0.2, -0.15) is 0 Å². The number of aliphatic hydroxyl groups excluding tert-OH is 1. The van der Waals surface area contributed by atoms with Crippen LogP contribution in [0.2, 0.25) is 0 Å². The highest BCUT2D eigenvalue weighted by atomic mass is 16.3. The molecule has 0 aromatic heterocycles. The molecule has 0 fully saturated rings. The van der Waals surface area contributed by atoms with E-state index >= 15 is 0 Å². The van der Waals surface area contributed by atoms with Crippen molar-refractivity contribution in [1.82, 2.24) is 0 Å². The van der Waals surface area contributed by atoms with Gasteiger partial charge in [0.05, 0.1) is 6.10 Å². The topological polar surface area (TPSA) is 20.2 Å². The van der Waals surface area contributed by atoms with Gasteiger partial charge in [0.2, 0.25) is 0 Å². The van der Waals surface area contributed by atoms with E-state index < -0.39 is 0 Å². The largest absolute Gasteiger partial charge is 0.389 e. The third-order valence-corrected chi connectivity index (χ3v) is 2.66. The molecule has 1 nitrogen and oxygen atoms in total. The molecule has 0 radical (unpaired) electrons. The number of unbranched alkanes of at least 4 members (excludes halogenated alkanes) is 3. The van der Waals surface area contributed by atoms with Crippen LogP contribution in [0.3, 0.4) is 0 Å². The van der Waals surface area contributed by atoms with E-state index in [1.165, 1.54) is 12.8 Å². The molecule has 0 aromatic carbocycles. The van der Waals surface area contributed by atoms with Gasteiger partial charge in [0, 0.05) is 0 Å². The summed E-state index contributed by atoms with van der Waals surface area (Å²) in [6.07, 6.45) is 21.3. The number of hydrogen-bond acceptors (Lipinski definition) is 1. The lowest BCUT2D eigenvalue weighted by molar-refractivity contribution is 0.208. The third-order valence-electron chi connectivity index (χ3n) is 2.66. The Bertz CT molecular complexity index is 261. The summed E-state index contributed by atoms with van der Waals surface area (Å²) >= 11 is 0. The van der Waals surface area contributed by atoms with Gasteiger partial charge in [0.25, 0.3) is 0 Å². The molecule has 0 heterocycles. The standard InChI is InChI=1S/C17H28O/c1-3-5-7-9-10-12-14-16-17(18)15-13-11-8-6-4-2/h4-5,7,10,12,14,16-18H,2-3,6,8-9,11,13,15H2,1H3/b7-5-,12-10-,16-14+. The molecule has 0 amide bonds. The van der Waals surface area contributed by atoms with Crippen molar-refractivity contribution in [2.24, 2.45) is 0 Å². The maximum Gasteiger partial charge on any atom is 0.0723 e. The van der Waals surface area contributed by atoms with Crippen LogP contribution in [-0.4, -0.2) is 11.2 Å². The van der Waals surface area contributed by atoms with Gasteiger partial charge in [0.15, 0.2) is 0 Å². The molecule has 0 saturated carbocycles. The monoisotopic (exact) mass is 248 g/mol. The van der Waals surface area contributed by atoms with Crippen molar-refractivity contribution in [2.45, 2.75) is 58.0 Å². The van der Waals surface area contributed by atoms with Crippen LogP contribution in [-0.2, 0) is 0 Å². The molecule has 0 aromatic rings. The van der Waals surface area contributed by atoms with Gasteiger partial charge in [-0.25, -0.2) is 0 Å². The molecule has 0 aliphatic carbocycles. The second-order valence-electron chi connectivity index (χ2n) is 4.42. The highest BCUT2D eigenvalue weighted by molar-refractivity contribution is 5.06. The van der Waals surface area contributed by atoms with Crippen molar-refractivity contribution in [1.29, 1.82) is 0 Å². The number of hydrogen-bond donors (Lipinski definition) is 1. The van der Waals surface area contributed by atoms with Gasteiger partial charge in [-0.05, 0) is 32.1 Å². The fourth-order valence-corrected chi connectivity index (χ4v) is 1.61. The van der Waals surface area contributed by atoms with Crippen LogP contribution in [0.25, 0.3) is 0 Å². The predicted octanol–water partition coefficient (Wildman–Crippen LogP) is 4.95. The van der Waals surface area contributed by atoms with Gasteiger partial charge in [-0.15, -0.1) is 6.58 Å². The molecule has 0 spiro atoms. The van der Waals surface area contributed by atoms with E-state index in [0.29, 0.717) is 0 Å². The second kappa shape index (κ2) is 14.0. The highest BCUT2D eigenvalue weighted by Gasteiger charge is 1.97. The Morgan fingerprint density at radius 3 is 2.61 bits per heavy atom. The summed E-state index contributed by atoms with van der Waals surface area (Å²) in [5.74, 6) is 0. The van der Waals surface area contributed by atoms with Gasteiger partial charge in [-0.1, -0.05) is 62.3 Å². The molecule has 0 saturated heterocycles. The average Bonchev–Trinajstić information content (AvgIpc) is 2.37. The summed E-state index contributed by atoms with van der Waals surface area (Å²) in [6, 6.07) is 0. The zero-order chi connectivity index (χ0) is 13.5. The normalized spacial score (nSPS) is 13.9. The summed E-state index contributed by atoms with van der Waals surface area (Å²) in [6.45, 7) is 5.83. The minimum absolute atomic E-state index is 0.301. The van der Waals surface area contributed by atoms with Crippen LogP contribution in [0.5, 0.6) is 0 Å². The zero-order valence-corrected chi connectivity index (χ0v) is 11.7. The SMILES string of the molecule is C=CCCCCCC(O)/C=C/C=C\C/C=C\CC. The van der Waals surface area contributed by atoms with Crippen LogP contribution in [0, 0.1) is 0 Å². The lowest BCUT2D eigenvalue weighted by Crippen LogP contribution is -2.00. The Kier molecular flexibility index (Phi) is 13.1. The molecule has 1 heteroatoms. The van der Waals surface area contributed by atoms with E-state index in [0.717, 1.165) is 32.1 Å². The molecule has 1 unspecified atom stereocenters. The van der Waals surface area contributed by atoms with Crippen molar-refractivity contribution in [2.75, 3.05) is 0 Å². The first-order valence-electron chi connectivity index (χ1n) is 7.08. The fourth-order valence-electron chi connectivity index (χ4n) is 1.61. The number of allylic oxidation sites excluding steroid dienone is 6. The van der Waals surface area contributed by atoms with Crippen LogP contribution in [0.4, 0.5) is 0 Å². The molecule has 1 N–H and O–H groups in total. The smallest absolute Gasteiger partial charge is 0.0723 e. The highest BCUT2D eigenvalue weighted by Crippen LogP contribution is 2.06. The summed E-state index contributed by atoms with van der Waals surface area (Å²) in [7, 11) is 0. The van der Waals surface area contributed by atoms with Gasteiger partial charge < -0.3 is 5.11 Å². The van der Waals surface area contributed by atoms with Crippen LogP contribution < -0.4 is 0 Å². The molecular weight excluding hydrogens is 220 g/mol. The summed E-state index contributed by atoms with van der Waals surface area (Å²) < 4.78 is 0. The summed E-state index contributed by atoms with van der Waals surface area (Å²) in [4.78, 5) is 0. The molecular formula is C17H28O. The Hall–Kier alpha value is -1.08. The Labute approximate surface area is 113 Å². The maximum atomic E-state index is 9.69. The Morgan fingerprint density at radius 1 is 1.06 bits per heavy atom. The average molecular weight is 248 g/mol. The van der Waals surface area contributed by atoms with Gasteiger partial charge >= 0.3 is 0 Å². The number of rotatable bonds is 11. The molecule has 0 aliphatic rings. The van der Waals surface area contributed by atoms with Crippen molar-refractivity contribution in [3.8, 4) is 0 Å². The van der Waals surface area contributed by atoms with Crippen molar-refractivity contribution in [3.63, 3.8) is 0 Å². The molecule has 102 valence electrons. The Balaban J connectivity index is 3.51. The van der Waals surface area contributed by atoms with E-state index in [1.807, 2.05) is 24.3 Å². The van der Waals surface area contributed by atoms with Crippen molar-refractivity contribution in [3.05, 3.63) is 49.1 Å².